The predicted molar refractivity (Wildman–Crippen MR) is 104 cm³/mol. The minimum atomic E-state index is -3.80. The van der Waals surface area contributed by atoms with Crippen LogP contribution < -0.4 is 14.8 Å². The molecule has 0 bridgehead atoms. The fraction of sp³-hybridized carbons (Fsp3) is 0.0556. The first-order valence-electron chi connectivity index (χ1n) is 8.08. The Morgan fingerprint density at radius 1 is 1.18 bits per heavy atom. The number of carbonyl (C=O) groups is 1. The summed E-state index contributed by atoms with van der Waals surface area (Å²) in [4.78, 5) is 15.8. The molecule has 0 radical (unpaired) electrons. The van der Waals surface area contributed by atoms with E-state index in [0.717, 1.165) is 5.56 Å². The largest absolute Gasteiger partial charge is 0.497 e. The third kappa shape index (κ3) is 4.95. The van der Waals surface area contributed by atoms with Crippen molar-refractivity contribution in [2.24, 2.45) is 0 Å². The number of hydrogen-bond donors (Lipinski definition) is 3. The molecule has 0 aliphatic rings. The Morgan fingerprint density at radius 2 is 1.96 bits per heavy atom. The second kappa shape index (κ2) is 8.35. The number of methoxy groups -OCH3 is 1. The number of carbonyl (C=O) groups excluding carboxylic acids is 1. The average molecular weight is 399 g/mol. The lowest BCUT2D eigenvalue weighted by Gasteiger charge is -2.07. The van der Waals surface area contributed by atoms with Crippen LogP contribution in [0, 0.1) is 0 Å². The molecule has 1 aromatic heterocycles. The maximum atomic E-state index is 12.2. The maximum absolute atomic E-state index is 12.2. The van der Waals surface area contributed by atoms with Gasteiger partial charge in [0.25, 0.3) is 10.0 Å². The molecule has 2 aromatic carbocycles. The van der Waals surface area contributed by atoms with Gasteiger partial charge in [-0.1, -0.05) is 12.1 Å². The average Bonchev–Trinajstić information content (AvgIpc) is 3.19. The molecule has 1 amide bonds. The van der Waals surface area contributed by atoms with Gasteiger partial charge in [-0.2, -0.15) is 10.1 Å². The molecular formula is C18H17N5O4S. The first-order valence-corrected chi connectivity index (χ1v) is 9.56. The molecule has 0 unspecified atom stereocenters. The van der Waals surface area contributed by atoms with E-state index in [1.54, 1.807) is 19.3 Å². The molecule has 0 fully saturated rings. The van der Waals surface area contributed by atoms with Gasteiger partial charge in [-0.3, -0.25) is 4.79 Å². The number of sulfonamides is 1. The number of H-pyrrole nitrogens is 1. The molecule has 1 heterocycles. The fourth-order valence-corrected chi connectivity index (χ4v) is 3.22. The Balaban J connectivity index is 1.63. The SMILES string of the molecule is COc1cccc(C=CC(=O)Nc2ccc(S(=O)(=O)Nc3ncn[nH]3)cc2)c1. The number of aromatic amines is 1. The first-order chi connectivity index (χ1) is 13.5. The molecule has 0 aliphatic carbocycles. The van der Waals surface area contributed by atoms with Crippen molar-refractivity contribution in [2.75, 3.05) is 17.1 Å². The Labute approximate surface area is 161 Å². The second-order valence-corrected chi connectivity index (χ2v) is 7.25. The number of aromatic nitrogens is 3. The fourth-order valence-electron chi connectivity index (χ4n) is 2.26. The van der Waals surface area contributed by atoms with Crippen LogP contribution in [-0.2, 0) is 14.8 Å². The van der Waals surface area contributed by atoms with Crippen LogP contribution in [0.15, 0.2) is 65.8 Å². The van der Waals surface area contributed by atoms with Gasteiger partial charge in [-0.15, -0.1) is 0 Å². The van der Waals surface area contributed by atoms with Gasteiger partial charge in [-0.05, 0) is 48.0 Å². The van der Waals surface area contributed by atoms with Crippen LogP contribution in [0.3, 0.4) is 0 Å². The first kappa shape index (κ1) is 19.1. The molecule has 0 spiro atoms. The Bertz CT molecular complexity index is 1080. The molecule has 3 N–H and O–H groups in total. The Kier molecular flexibility index (Phi) is 5.70. The highest BCUT2D eigenvalue weighted by atomic mass is 32.2. The van der Waals surface area contributed by atoms with E-state index < -0.39 is 10.0 Å². The van der Waals surface area contributed by atoms with Crippen LogP contribution in [0.25, 0.3) is 6.08 Å². The Morgan fingerprint density at radius 3 is 2.64 bits per heavy atom. The highest BCUT2D eigenvalue weighted by molar-refractivity contribution is 7.92. The molecule has 10 heteroatoms. The molecule has 144 valence electrons. The smallest absolute Gasteiger partial charge is 0.264 e. The summed E-state index contributed by atoms with van der Waals surface area (Å²) in [5.41, 5.74) is 1.27. The molecule has 0 saturated heterocycles. The number of nitrogens with one attached hydrogen (secondary N) is 3. The highest BCUT2D eigenvalue weighted by Crippen LogP contribution is 2.17. The van der Waals surface area contributed by atoms with Crippen molar-refractivity contribution in [3.63, 3.8) is 0 Å². The van der Waals surface area contributed by atoms with Crippen LogP contribution in [0.4, 0.5) is 11.6 Å². The van der Waals surface area contributed by atoms with Gasteiger partial charge in [0.1, 0.15) is 12.1 Å². The number of rotatable bonds is 7. The van der Waals surface area contributed by atoms with Crippen molar-refractivity contribution in [1.82, 2.24) is 15.2 Å². The van der Waals surface area contributed by atoms with Crippen LogP contribution in [0.5, 0.6) is 5.75 Å². The van der Waals surface area contributed by atoms with Crippen molar-refractivity contribution in [3.8, 4) is 5.75 Å². The predicted octanol–water partition coefficient (Wildman–Crippen LogP) is 2.27. The van der Waals surface area contributed by atoms with Crippen LogP contribution in [0.2, 0.25) is 0 Å². The molecule has 0 atom stereocenters. The summed E-state index contributed by atoms with van der Waals surface area (Å²) in [7, 11) is -2.23. The Hall–Kier alpha value is -3.66. The lowest BCUT2D eigenvalue weighted by molar-refractivity contribution is -0.111. The van der Waals surface area contributed by atoms with Crippen LogP contribution >= 0.6 is 0 Å². The monoisotopic (exact) mass is 399 g/mol. The summed E-state index contributed by atoms with van der Waals surface area (Å²) in [5, 5.41) is 8.65. The summed E-state index contributed by atoms with van der Waals surface area (Å²) in [6.45, 7) is 0. The quantitative estimate of drug-likeness (QED) is 0.523. The van der Waals surface area contributed by atoms with E-state index in [9.17, 15) is 13.2 Å². The lowest BCUT2D eigenvalue weighted by Crippen LogP contribution is -2.14. The zero-order valence-electron chi connectivity index (χ0n) is 14.8. The molecular weight excluding hydrogens is 382 g/mol. The molecule has 0 saturated carbocycles. The van der Waals surface area contributed by atoms with Gasteiger partial charge in [0.15, 0.2) is 0 Å². The van der Waals surface area contributed by atoms with Gasteiger partial charge < -0.3 is 10.1 Å². The summed E-state index contributed by atoms with van der Waals surface area (Å²) in [6.07, 6.45) is 4.22. The van der Waals surface area contributed by atoms with Gasteiger partial charge in [-0.25, -0.2) is 18.2 Å². The van der Waals surface area contributed by atoms with E-state index in [0.29, 0.717) is 11.4 Å². The van der Waals surface area contributed by atoms with Gasteiger partial charge in [0.2, 0.25) is 11.9 Å². The summed E-state index contributed by atoms with van der Waals surface area (Å²) >= 11 is 0. The molecule has 3 rings (SSSR count). The van der Waals surface area contributed by atoms with Gasteiger partial charge in [0, 0.05) is 11.8 Å². The summed E-state index contributed by atoms with van der Waals surface area (Å²) in [6, 6.07) is 13.0. The third-order valence-corrected chi connectivity index (χ3v) is 4.95. The number of ether oxygens (including phenoxy) is 1. The number of amides is 1. The highest BCUT2D eigenvalue weighted by Gasteiger charge is 2.15. The normalized spacial score (nSPS) is 11.3. The number of anilines is 2. The molecule has 9 nitrogen and oxygen atoms in total. The topological polar surface area (TPSA) is 126 Å². The molecule has 0 aliphatic heterocycles. The minimum Gasteiger partial charge on any atom is -0.497 e. The van der Waals surface area contributed by atoms with Crippen molar-refractivity contribution >= 4 is 33.6 Å². The van der Waals surface area contributed by atoms with E-state index in [1.807, 2.05) is 18.2 Å². The van der Waals surface area contributed by atoms with Crippen molar-refractivity contribution in [1.29, 1.82) is 0 Å². The van der Waals surface area contributed by atoms with Crippen molar-refractivity contribution in [3.05, 3.63) is 66.5 Å². The van der Waals surface area contributed by atoms with Crippen LogP contribution in [-0.4, -0.2) is 36.6 Å². The van der Waals surface area contributed by atoms with E-state index in [-0.39, 0.29) is 16.8 Å². The van der Waals surface area contributed by atoms with Gasteiger partial charge in [0.05, 0.1) is 12.0 Å². The standard InChI is InChI=1S/C18H17N5O4S/c1-27-15-4-2-3-13(11-15)5-10-17(24)21-14-6-8-16(9-7-14)28(25,26)23-18-19-12-20-22-18/h2-12H,1H3,(H,21,24)(H2,19,20,22,23). The molecule has 3 aromatic rings. The third-order valence-electron chi connectivity index (χ3n) is 3.60. The molecule has 28 heavy (non-hydrogen) atoms. The number of nitrogens with zero attached hydrogens (tertiary/aromatic N) is 2. The maximum Gasteiger partial charge on any atom is 0.264 e. The summed E-state index contributed by atoms with van der Waals surface area (Å²) < 4.78 is 31.9. The lowest BCUT2D eigenvalue weighted by atomic mass is 10.2. The zero-order valence-corrected chi connectivity index (χ0v) is 15.6. The van der Waals surface area contributed by atoms with Gasteiger partial charge >= 0.3 is 0 Å². The van der Waals surface area contributed by atoms with E-state index >= 15 is 0 Å². The number of benzene rings is 2. The minimum absolute atomic E-state index is 0.0139. The van der Waals surface area contributed by atoms with E-state index in [4.69, 9.17) is 4.74 Å². The van der Waals surface area contributed by atoms with Crippen molar-refractivity contribution in [2.45, 2.75) is 4.90 Å². The summed E-state index contributed by atoms with van der Waals surface area (Å²) in [5.74, 6) is 0.358. The van der Waals surface area contributed by atoms with Crippen molar-refractivity contribution < 1.29 is 17.9 Å². The van der Waals surface area contributed by atoms with E-state index in [1.165, 1.54) is 36.7 Å². The number of hydrogen-bond acceptors (Lipinski definition) is 6. The second-order valence-electron chi connectivity index (χ2n) is 5.56. The zero-order chi connectivity index (χ0) is 20.0. The van der Waals surface area contributed by atoms with Crippen LogP contribution in [0.1, 0.15) is 5.56 Å². The van der Waals surface area contributed by atoms with E-state index in [2.05, 4.69) is 25.2 Å².